The molecule has 2 aromatic heterocycles. The molecular formula is C30H23F3N4O7. The number of rotatable bonds is 8. The van der Waals surface area contributed by atoms with E-state index < -0.39 is 52.0 Å². The number of hydrogen-bond acceptors (Lipinski definition) is 8. The highest BCUT2D eigenvalue weighted by Crippen LogP contribution is 2.38. The summed E-state index contributed by atoms with van der Waals surface area (Å²) in [5, 5.41) is 2.46. The predicted molar refractivity (Wildman–Crippen MR) is 153 cm³/mol. The number of nitrogens with zero attached hydrogens (tertiary/aromatic N) is 3. The second-order valence-electron chi connectivity index (χ2n) is 9.07. The van der Waals surface area contributed by atoms with Crippen LogP contribution in [0, 0.1) is 17.5 Å². The summed E-state index contributed by atoms with van der Waals surface area (Å²) in [6, 6.07) is 11.2. The molecule has 226 valence electrons. The van der Waals surface area contributed by atoms with Gasteiger partial charge in [0.1, 0.15) is 11.6 Å². The average molecular weight is 609 g/mol. The molecule has 5 aromatic rings. The van der Waals surface area contributed by atoms with Gasteiger partial charge in [0.25, 0.3) is 0 Å². The lowest BCUT2D eigenvalue weighted by molar-refractivity contribution is 0.213. The maximum absolute atomic E-state index is 15.1. The van der Waals surface area contributed by atoms with Crippen LogP contribution < -0.4 is 35.5 Å². The van der Waals surface area contributed by atoms with E-state index in [4.69, 9.17) is 18.9 Å². The average Bonchev–Trinajstić information content (AvgIpc) is 3.02. The van der Waals surface area contributed by atoms with Crippen LogP contribution in [0.25, 0.3) is 16.6 Å². The Labute approximate surface area is 246 Å². The molecule has 14 heteroatoms. The molecule has 0 aliphatic rings. The number of methoxy groups -OCH3 is 2. The smallest absolute Gasteiger partial charge is 0.417 e. The summed E-state index contributed by atoms with van der Waals surface area (Å²) in [5.41, 5.74) is -1.95. The van der Waals surface area contributed by atoms with Gasteiger partial charge < -0.3 is 18.9 Å². The Hall–Kier alpha value is -5.79. The number of aromatic nitrogens is 3. The molecule has 1 N–H and O–H groups in total. The Morgan fingerprint density at radius 3 is 2.25 bits per heavy atom. The van der Waals surface area contributed by atoms with Crippen molar-refractivity contribution in [2.75, 3.05) is 19.5 Å². The number of aryl methyl sites for hydroxylation is 1. The molecule has 5 rings (SSSR count). The minimum atomic E-state index is -1.47. The van der Waals surface area contributed by atoms with E-state index in [0.717, 1.165) is 35.0 Å². The summed E-state index contributed by atoms with van der Waals surface area (Å²) in [6.07, 6.45) is 1.07. The SMILES string of the molecule is CCn1cc(OC(=O)Nc2ccc(Oc3ccnc4cc(OC)c(OC)cc34)c(F)c2F)c(=O)n(-c2ccc(F)cc2)c1=O. The van der Waals surface area contributed by atoms with Crippen LogP contribution in [-0.4, -0.2) is 34.4 Å². The fraction of sp³-hybridized carbons (Fsp3) is 0.133. The van der Waals surface area contributed by atoms with Gasteiger partial charge in [-0.2, -0.15) is 4.39 Å². The quantitative estimate of drug-likeness (QED) is 0.248. The van der Waals surface area contributed by atoms with Gasteiger partial charge >= 0.3 is 17.3 Å². The summed E-state index contributed by atoms with van der Waals surface area (Å²) in [7, 11) is 2.90. The number of ether oxygens (including phenoxy) is 4. The Balaban J connectivity index is 1.40. The van der Waals surface area contributed by atoms with Gasteiger partial charge in [-0.15, -0.1) is 0 Å². The molecule has 1 amide bonds. The largest absolute Gasteiger partial charge is 0.493 e. The first-order valence-electron chi connectivity index (χ1n) is 12.9. The number of amides is 1. The third-order valence-electron chi connectivity index (χ3n) is 6.46. The van der Waals surface area contributed by atoms with Gasteiger partial charge in [-0.25, -0.2) is 22.9 Å². The molecule has 0 saturated carbocycles. The molecule has 0 unspecified atom stereocenters. The Kier molecular flexibility index (Phi) is 8.24. The molecule has 0 fully saturated rings. The monoisotopic (exact) mass is 608 g/mol. The lowest BCUT2D eigenvalue weighted by Crippen LogP contribution is -2.39. The van der Waals surface area contributed by atoms with Crippen LogP contribution in [0.15, 0.2) is 76.6 Å². The second kappa shape index (κ2) is 12.2. The van der Waals surface area contributed by atoms with Crippen LogP contribution in [0.2, 0.25) is 0 Å². The second-order valence-corrected chi connectivity index (χ2v) is 9.07. The number of halogens is 3. The molecule has 2 heterocycles. The van der Waals surface area contributed by atoms with E-state index in [9.17, 15) is 18.8 Å². The zero-order valence-electron chi connectivity index (χ0n) is 23.4. The molecule has 0 aliphatic carbocycles. The van der Waals surface area contributed by atoms with Crippen molar-refractivity contribution in [3.05, 3.63) is 105 Å². The summed E-state index contributed by atoms with van der Waals surface area (Å²) < 4.78 is 66.6. The fourth-order valence-corrected chi connectivity index (χ4v) is 4.29. The van der Waals surface area contributed by atoms with E-state index in [2.05, 4.69) is 4.98 Å². The molecule has 0 spiro atoms. The van der Waals surface area contributed by atoms with Crippen LogP contribution in [0.4, 0.5) is 23.7 Å². The molecule has 3 aromatic carbocycles. The summed E-state index contributed by atoms with van der Waals surface area (Å²) in [5.74, 6) is -3.67. The van der Waals surface area contributed by atoms with Gasteiger partial charge in [-0.1, -0.05) is 0 Å². The number of carbonyl (C=O) groups is 1. The van der Waals surface area contributed by atoms with Crippen molar-refractivity contribution >= 4 is 22.7 Å². The first-order valence-corrected chi connectivity index (χ1v) is 12.9. The Morgan fingerprint density at radius 2 is 1.57 bits per heavy atom. The Bertz CT molecular complexity index is 2010. The number of pyridine rings is 1. The molecule has 44 heavy (non-hydrogen) atoms. The highest BCUT2D eigenvalue weighted by molar-refractivity contribution is 5.89. The van der Waals surface area contributed by atoms with E-state index in [1.165, 1.54) is 38.6 Å². The van der Waals surface area contributed by atoms with Gasteiger partial charge in [0.2, 0.25) is 11.6 Å². The normalized spacial score (nSPS) is 10.9. The van der Waals surface area contributed by atoms with E-state index in [0.29, 0.717) is 27.0 Å². The van der Waals surface area contributed by atoms with Gasteiger partial charge in [0.15, 0.2) is 23.1 Å². The third kappa shape index (κ3) is 5.64. The lowest BCUT2D eigenvalue weighted by Gasteiger charge is -2.14. The molecule has 0 atom stereocenters. The van der Waals surface area contributed by atoms with Crippen LogP contribution in [0.3, 0.4) is 0 Å². The van der Waals surface area contributed by atoms with Gasteiger partial charge in [-0.05, 0) is 55.5 Å². The van der Waals surface area contributed by atoms with Gasteiger partial charge in [-0.3, -0.25) is 19.7 Å². The molecule has 0 radical (unpaired) electrons. The van der Waals surface area contributed by atoms with E-state index in [1.807, 2.05) is 5.32 Å². The summed E-state index contributed by atoms with van der Waals surface area (Å²) in [4.78, 5) is 42.7. The van der Waals surface area contributed by atoms with Crippen LogP contribution in [-0.2, 0) is 6.54 Å². The molecule has 0 bridgehead atoms. The van der Waals surface area contributed by atoms with Crippen molar-refractivity contribution < 1.29 is 36.9 Å². The number of nitrogens with one attached hydrogen (secondary N) is 1. The maximum Gasteiger partial charge on any atom is 0.417 e. The minimum Gasteiger partial charge on any atom is -0.493 e. The minimum absolute atomic E-state index is 0.0257. The van der Waals surface area contributed by atoms with Gasteiger partial charge in [0, 0.05) is 24.2 Å². The number of fused-ring (bicyclic) bond motifs is 1. The van der Waals surface area contributed by atoms with Gasteiger partial charge in [0.05, 0.1) is 37.3 Å². The highest BCUT2D eigenvalue weighted by atomic mass is 19.2. The van der Waals surface area contributed by atoms with Crippen molar-refractivity contribution in [2.45, 2.75) is 13.5 Å². The van der Waals surface area contributed by atoms with Crippen molar-refractivity contribution in [3.63, 3.8) is 0 Å². The van der Waals surface area contributed by atoms with Crippen molar-refractivity contribution in [2.24, 2.45) is 0 Å². The predicted octanol–water partition coefficient (Wildman–Crippen LogP) is 5.41. The zero-order chi connectivity index (χ0) is 31.5. The first-order chi connectivity index (χ1) is 21.1. The molecular weight excluding hydrogens is 585 g/mol. The van der Waals surface area contributed by atoms with Crippen molar-refractivity contribution in [1.82, 2.24) is 14.1 Å². The highest BCUT2D eigenvalue weighted by Gasteiger charge is 2.21. The number of benzene rings is 3. The topological polar surface area (TPSA) is 123 Å². The van der Waals surface area contributed by atoms with Crippen LogP contribution in [0.5, 0.6) is 28.7 Å². The van der Waals surface area contributed by atoms with E-state index in [1.54, 1.807) is 19.1 Å². The number of carbonyl (C=O) groups excluding carboxylic acids is 1. The number of hydrogen-bond donors (Lipinski definition) is 1. The van der Waals surface area contributed by atoms with Crippen molar-refractivity contribution in [3.8, 4) is 34.4 Å². The van der Waals surface area contributed by atoms with Crippen LogP contribution >= 0.6 is 0 Å². The summed E-state index contributed by atoms with van der Waals surface area (Å²) >= 11 is 0. The standard InChI is InChI=1S/C30H23F3N4O7/c1-4-36-15-25(28(38)37(30(36)40)17-7-5-16(31)6-8-17)44-29(39)35-19-9-10-22(27(33)26(19)32)43-21-11-12-34-20-14-24(42-3)23(41-2)13-18(20)21/h5-15H,4H2,1-3H3,(H,35,39). The number of anilines is 1. The van der Waals surface area contributed by atoms with Crippen molar-refractivity contribution in [1.29, 1.82) is 0 Å². The first kappa shape index (κ1) is 29.7. The lowest BCUT2D eigenvalue weighted by atomic mass is 10.1. The van der Waals surface area contributed by atoms with E-state index >= 15 is 8.78 Å². The fourth-order valence-electron chi connectivity index (χ4n) is 4.29. The maximum atomic E-state index is 15.1. The molecule has 0 saturated heterocycles. The summed E-state index contributed by atoms with van der Waals surface area (Å²) in [6.45, 7) is 1.70. The van der Waals surface area contributed by atoms with E-state index in [-0.39, 0.29) is 18.0 Å². The zero-order valence-corrected chi connectivity index (χ0v) is 23.4. The molecule has 11 nitrogen and oxygen atoms in total. The Morgan fingerprint density at radius 1 is 0.864 bits per heavy atom. The third-order valence-corrected chi connectivity index (χ3v) is 6.46. The van der Waals surface area contributed by atoms with Crippen LogP contribution in [0.1, 0.15) is 6.92 Å². The molecule has 0 aliphatic heterocycles.